The Kier molecular flexibility index (Phi) is 15.6. The molecule has 2 heteroatoms. The van der Waals surface area contributed by atoms with E-state index in [9.17, 15) is 4.79 Å². The number of Topliss-reactive ketones (excluding diaryl/α,β-unsaturated/α-hetero) is 1. The summed E-state index contributed by atoms with van der Waals surface area (Å²) in [7, 11) is 0. The van der Waals surface area contributed by atoms with Crippen LogP contribution in [0.2, 0.25) is 0 Å². The minimum absolute atomic E-state index is 0.289. The number of aliphatic hydroxyl groups excluding tert-OH is 1. The Hall–Kier alpha value is -0.370. The van der Waals surface area contributed by atoms with E-state index in [1.165, 1.54) is 6.42 Å². The average molecular weight is 174 g/mol. The van der Waals surface area contributed by atoms with E-state index >= 15 is 0 Å². The van der Waals surface area contributed by atoms with Gasteiger partial charge in [-0.15, -0.1) is 0 Å². The number of hydrogen-bond acceptors (Lipinski definition) is 2. The van der Waals surface area contributed by atoms with Crippen LogP contribution in [-0.4, -0.2) is 17.5 Å². The lowest BCUT2D eigenvalue weighted by Crippen LogP contribution is -1.84. The first kappa shape index (κ1) is 14.2. The molecule has 12 heavy (non-hydrogen) atoms. The van der Waals surface area contributed by atoms with Crippen LogP contribution in [0.4, 0.5) is 0 Å². The van der Waals surface area contributed by atoms with E-state index in [4.69, 9.17) is 5.11 Å². The molecule has 0 aliphatic rings. The first-order chi connectivity index (χ1) is 5.68. The van der Waals surface area contributed by atoms with E-state index < -0.39 is 0 Å². The Bertz CT molecular complexity index is 85.8. The van der Waals surface area contributed by atoms with Gasteiger partial charge in [0.25, 0.3) is 0 Å². The zero-order valence-electron chi connectivity index (χ0n) is 8.60. The molecule has 0 saturated carbocycles. The van der Waals surface area contributed by atoms with Crippen LogP contribution in [-0.2, 0) is 4.79 Å². The molecule has 2 nitrogen and oxygen atoms in total. The Morgan fingerprint density at radius 1 is 1.17 bits per heavy atom. The number of ketones is 1. The van der Waals surface area contributed by atoms with Gasteiger partial charge in [0, 0.05) is 13.0 Å². The second-order valence-corrected chi connectivity index (χ2v) is 2.88. The first-order valence-corrected chi connectivity index (χ1v) is 4.79. The van der Waals surface area contributed by atoms with Gasteiger partial charge in [0.05, 0.1) is 0 Å². The molecule has 0 aromatic rings. The molecule has 0 aliphatic heterocycles. The minimum atomic E-state index is 0.289. The molecule has 0 aromatic carbocycles. The fourth-order valence-electron chi connectivity index (χ4n) is 0.714. The summed E-state index contributed by atoms with van der Waals surface area (Å²) in [5.41, 5.74) is 0. The highest BCUT2D eigenvalue weighted by molar-refractivity contribution is 5.75. The third-order valence-electron chi connectivity index (χ3n) is 1.36. The van der Waals surface area contributed by atoms with Gasteiger partial charge in [-0.2, -0.15) is 0 Å². The standard InChI is InChI=1S/C5H10O.C5H12O/c1-3-4-5(2)6;1-2-3-4-5-6/h3-4H2,1-2H3;6H,2-5H2,1H3. The number of hydrogen-bond donors (Lipinski definition) is 1. The molecule has 0 bridgehead atoms. The third-order valence-corrected chi connectivity index (χ3v) is 1.36. The fraction of sp³-hybridized carbons (Fsp3) is 0.900. The molecule has 1 N–H and O–H groups in total. The van der Waals surface area contributed by atoms with Crippen LogP contribution in [0.25, 0.3) is 0 Å². The van der Waals surface area contributed by atoms with Crippen LogP contribution in [0.5, 0.6) is 0 Å². The van der Waals surface area contributed by atoms with Crippen LogP contribution in [0.3, 0.4) is 0 Å². The monoisotopic (exact) mass is 174 g/mol. The van der Waals surface area contributed by atoms with Gasteiger partial charge in [-0.05, 0) is 19.8 Å². The number of rotatable bonds is 5. The summed E-state index contributed by atoms with van der Waals surface area (Å²) in [5.74, 6) is 0.289. The van der Waals surface area contributed by atoms with Gasteiger partial charge in [0.15, 0.2) is 0 Å². The van der Waals surface area contributed by atoms with Crippen LogP contribution >= 0.6 is 0 Å². The lowest BCUT2D eigenvalue weighted by Gasteiger charge is -1.85. The molecule has 0 fully saturated rings. The number of aliphatic hydroxyl groups is 1. The molecule has 0 radical (unpaired) electrons. The number of carbonyl (C=O) groups excluding carboxylic acids is 1. The molecule has 0 saturated heterocycles. The maximum absolute atomic E-state index is 10.0. The summed E-state index contributed by atoms with van der Waals surface area (Å²) >= 11 is 0. The molecule has 0 rings (SSSR count). The van der Waals surface area contributed by atoms with E-state index in [0.717, 1.165) is 25.7 Å². The van der Waals surface area contributed by atoms with Crippen molar-refractivity contribution in [1.82, 2.24) is 0 Å². The minimum Gasteiger partial charge on any atom is -0.396 e. The summed E-state index contributed by atoms with van der Waals surface area (Å²) in [4.78, 5) is 10.0. The molecule has 0 heterocycles. The predicted octanol–water partition coefficient (Wildman–Crippen LogP) is 2.54. The quantitative estimate of drug-likeness (QED) is 0.650. The highest BCUT2D eigenvalue weighted by atomic mass is 16.2. The van der Waals surface area contributed by atoms with E-state index in [1.54, 1.807) is 6.92 Å². The normalized spacial score (nSPS) is 8.67. The smallest absolute Gasteiger partial charge is 0.129 e. The molecule has 0 unspecified atom stereocenters. The number of carbonyl (C=O) groups is 1. The van der Waals surface area contributed by atoms with E-state index in [0.29, 0.717) is 6.61 Å². The predicted molar refractivity (Wildman–Crippen MR) is 52.2 cm³/mol. The lowest BCUT2D eigenvalue weighted by molar-refractivity contribution is -0.117. The van der Waals surface area contributed by atoms with Gasteiger partial charge in [-0.1, -0.05) is 26.7 Å². The molecular formula is C10H22O2. The van der Waals surface area contributed by atoms with E-state index in [-0.39, 0.29) is 5.78 Å². The summed E-state index contributed by atoms with van der Waals surface area (Å²) in [6.07, 6.45) is 5.04. The topological polar surface area (TPSA) is 37.3 Å². The molecular weight excluding hydrogens is 152 g/mol. The lowest BCUT2D eigenvalue weighted by atomic mass is 10.3. The van der Waals surface area contributed by atoms with Crippen molar-refractivity contribution in [1.29, 1.82) is 0 Å². The zero-order valence-corrected chi connectivity index (χ0v) is 8.60. The first-order valence-electron chi connectivity index (χ1n) is 4.79. The Labute approximate surface area is 76.0 Å². The van der Waals surface area contributed by atoms with Crippen molar-refractivity contribution in [3.63, 3.8) is 0 Å². The van der Waals surface area contributed by atoms with E-state index in [1.807, 2.05) is 6.92 Å². The molecule has 0 spiro atoms. The van der Waals surface area contributed by atoms with Crippen molar-refractivity contribution in [3.05, 3.63) is 0 Å². The highest BCUT2D eigenvalue weighted by Gasteiger charge is 1.83. The molecule has 74 valence electrons. The van der Waals surface area contributed by atoms with Crippen molar-refractivity contribution in [3.8, 4) is 0 Å². The van der Waals surface area contributed by atoms with Gasteiger partial charge < -0.3 is 9.90 Å². The maximum Gasteiger partial charge on any atom is 0.129 e. The maximum atomic E-state index is 10.0. The van der Waals surface area contributed by atoms with Gasteiger partial charge >= 0.3 is 0 Å². The summed E-state index contributed by atoms with van der Waals surface area (Å²) in [6, 6.07) is 0. The van der Waals surface area contributed by atoms with Gasteiger partial charge in [-0.3, -0.25) is 0 Å². The molecule has 0 amide bonds. The molecule has 0 atom stereocenters. The molecule has 0 aliphatic carbocycles. The summed E-state index contributed by atoms with van der Waals surface area (Å²) in [5, 5.41) is 8.20. The second kappa shape index (κ2) is 13.2. The number of unbranched alkanes of at least 4 members (excludes halogenated alkanes) is 2. The van der Waals surface area contributed by atoms with Crippen molar-refractivity contribution < 1.29 is 9.90 Å². The Morgan fingerprint density at radius 3 is 1.83 bits per heavy atom. The highest BCUT2D eigenvalue weighted by Crippen LogP contribution is 1.89. The summed E-state index contributed by atoms with van der Waals surface area (Å²) in [6.45, 7) is 6.09. The van der Waals surface area contributed by atoms with Crippen molar-refractivity contribution >= 4 is 5.78 Å². The zero-order chi connectivity index (χ0) is 9.82. The van der Waals surface area contributed by atoms with Crippen molar-refractivity contribution in [2.75, 3.05) is 6.61 Å². The van der Waals surface area contributed by atoms with Crippen LogP contribution in [0, 0.1) is 0 Å². The Balaban J connectivity index is 0. The molecule has 0 aromatic heterocycles. The van der Waals surface area contributed by atoms with Crippen LogP contribution in [0.15, 0.2) is 0 Å². The SMILES string of the molecule is CCCC(C)=O.CCCCCO. The van der Waals surface area contributed by atoms with Crippen LogP contribution < -0.4 is 0 Å². The van der Waals surface area contributed by atoms with E-state index in [2.05, 4.69) is 6.92 Å². The Morgan fingerprint density at radius 2 is 1.75 bits per heavy atom. The third kappa shape index (κ3) is 22.6. The largest absolute Gasteiger partial charge is 0.396 e. The van der Waals surface area contributed by atoms with Crippen molar-refractivity contribution in [2.45, 2.75) is 52.9 Å². The van der Waals surface area contributed by atoms with Gasteiger partial charge in [-0.25, -0.2) is 0 Å². The fourth-order valence-corrected chi connectivity index (χ4v) is 0.714. The van der Waals surface area contributed by atoms with Gasteiger partial charge in [0.1, 0.15) is 5.78 Å². The van der Waals surface area contributed by atoms with Crippen molar-refractivity contribution in [2.24, 2.45) is 0 Å². The van der Waals surface area contributed by atoms with Gasteiger partial charge in [0.2, 0.25) is 0 Å². The second-order valence-electron chi connectivity index (χ2n) is 2.88. The average Bonchev–Trinajstić information content (AvgIpc) is 2.02. The summed E-state index contributed by atoms with van der Waals surface area (Å²) < 4.78 is 0. The van der Waals surface area contributed by atoms with Crippen LogP contribution in [0.1, 0.15) is 52.9 Å².